The molecular formula is C22H18Cl2N2O3S. The number of hydrogen-bond acceptors (Lipinski definition) is 3. The van der Waals surface area contributed by atoms with Crippen molar-refractivity contribution in [3.05, 3.63) is 87.4 Å². The first kappa shape index (κ1) is 20.7. The molecule has 0 bridgehead atoms. The molecule has 1 aliphatic rings. The first-order valence-corrected chi connectivity index (χ1v) is 11.4. The van der Waals surface area contributed by atoms with Crippen molar-refractivity contribution in [3.63, 3.8) is 0 Å². The topological polar surface area (TPSA) is 66.5 Å². The summed E-state index contributed by atoms with van der Waals surface area (Å²) in [6.45, 7) is 2.20. The number of rotatable bonds is 4. The molecule has 0 atom stereocenters. The lowest BCUT2D eigenvalue weighted by Gasteiger charge is -2.20. The van der Waals surface area contributed by atoms with Crippen molar-refractivity contribution in [1.29, 1.82) is 0 Å². The fourth-order valence-corrected chi connectivity index (χ4v) is 5.22. The molecule has 0 saturated heterocycles. The molecule has 1 N–H and O–H groups in total. The van der Waals surface area contributed by atoms with Gasteiger partial charge in [0.25, 0.3) is 15.9 Å². The molecule has 0 aromatic heterocycles. The lowest BCUT2D eigenvalue weighted by molar-refractivity contribution is 0.102. The van der Waals surface area contributed by atoms with Crippen molar-refractivity contribution in [2.45, 2.75) is 18.2 Å². The number of sulfonamides is 1. The molecule has 8 heteroatoms. The number of nitrogens with one attached hydrogen (secondary N) is 1. The minimum absolute atomic E-state index is 0.179. The largest absolute Gasteiger partial charge is 0.322 e. The van der Waals surface area contributed by atoms with Crippen LogP contribution in [0.3, 0.4) is 0 Å². The second-order valence-corrected chi connectivity index (χ2v) is 9.77. The lowest BCUT2D eigenvalue weighted by atomic mass is 10.1. The van der Waals surface area contributed by atoms with Gasteiger partial charge in [-0.1, -0.05) is 29.3 Å². The predicted molar refractivity (Wildman–Crippen MR) is 120 cm³/mol. The van der Waals surface area contributed by atoms with Gasteiger partial charge in [0.05, 0.1) is 10.6 Å². The Morgan fingerprint density at radius 1 is 0.967 bits per heavy atom. The first-order valence-electron chi connectivity index (χ1n) is 9.24. The summed E-state index contributed by atoms with van der Waals surface area (Å²) in [5, 5.41) is 3.87. The maximum atomic E-state index is 13.0. The number of hydrogen-bond donors (Lipinski definition) is 1. The van der Waals surface area contributed by atoms with E-state index in [0.29, 0.717) is 39.9 Å². The molecule has 0 spiro atoms. The van der Waals surface area contributed by atoms with Crippen molar-refractivity contribution in [2.75, 3.05) is 16.2 Å². The molecule has 4 rings (SSSR count). The first-order chi connectivity index (χ1) is 14.3. The summed E-state index contributed by atoms with van der Waals surface area (Å²) in [4.78, 5) is 12.9. The molecule has 1 amide bonds. The quantitative estimate of drug-likeness (QED) is 0.573. The number of nitrogens with zero attached hydrogens (tertiary/aromatic N) is 1. The summed E-state index contributed by atoms with van der Waals surface area (Å²) >= 11 is 11.9. The highest BCUT2D eigenvalue weighted by Gasteiger charge is 2.31. The van der Waals surface area contributed by atoms with E-state index in [-0.39, 0.29) is 10.8 Å². The lowest BCUT2D eigenvalue weighted by Crippen LogP contribution is -2.29. The van der Waals surface area contributed by atoms with E-state index in [0.717, 1.165) is 11.1 Å². The molecule has 1 aliphatic heterocycles. The molecule has 0 fully saturated rings. The van der Waals surface area contributed by atoms with Crippen LogP contribution in [0.25, 0.3) is 0 Å². The Bertz CT molecular complexity index is 1240. The van der Waals surface area contributed by atoms with Crippen molar-refractivity contribution in [3.8, 4) is 0 Å². The van der Waals surface area contributed by atoms with Gasteiger partial charge in [0.2, 0.25) is 0 Å². The summed E-state index contributed by atoms with van der Waals surface area (Å²) in [5.41, 5.74) is 3.39. The Morgan fingerprint density at radius 2 is 1.67 bits per heavy atom. The Labute approximate surface area is 185 Å². The van der Waals surface area contributed by atoms with Crippen LogP contribution in [-0.2, 0) is 16.4 Å². The van der Waals surface area contributed by atoms with E-state index < -0.39 is 10.0 Å². The van der Waals surface area contributed by atoms with Crippen molar-refractivity contribution in [2.24, 2.45) is 0 Å². The molecule has 3 aromatic rings. The van der Waals surface area contributed by atoms with E-state index in [9.17, 15) is 13.2 Å². The average molecular weight is 461 g/mol. The highest BCUT2D eigenvalue weighted by Crippen LogP contribution is 2.34. The number of fused-ring (bicyclic) bond motifs is 1. The average Bonchev–Trinajstić information content (AvgIpc) is 3.15. The van der Waals surface area contributed by atoms with Crippen LogP contribution in [0.2, 0.25) is 10.0 Å². The second kappa shape index (κ2) is 7.95. The minimum Gasteiger partial charge on any atom is -0.322 e. The number of amides is 1. The monoisotopic (exact) mass is 460 g/mol. The van der Waals surface area contributed by atoms with Crippen LogP contribution in [0.15, 0.2) is 65.6 Å². The van der Waals surface area contributed by atoms with Crippen molar-refractivity contribution >= 4 is 50.5 Å². The summed E-state index contributed by atoms with van der Waals surface area (Å²) in [6.07, 6.45) is 0.527. The maximum absolute atomic E-state index is 13.0. The zero-order valence-electron chi connectivity index (χ0n) is 16.0. The van der Waals surface area contributed by atoms with Gasteiger partial charge in [-0.2, -0.15) is 0 Å². The maximum Gasteiger partial charge on any atom is 0.264 e. The fraction of sp³-hybridized carbons (Fsp3) is 0.136. The van der Waals surface area contributed by atoms with Crippen molar-refractivity contribution < 1.29 is 13.2 Å². The number of carbonyl (C=O) groups excluding carboxylic acids is 1. The van der Waals surface area contributed by atoms with Crippen LogP contribution in [0, 0.1) is 6.92 Å². The van der Waals surface area contributed by atoms with Gasteiger partial charge in [0.1, 0.15) is 0 Å². The molecule has 30 heavy (non-hydrogen) atoms. The van der Waals surface area contributed by atoms with Gasteiger partial charge in [-0.3, -0.25) is 9.10 Å². The predicted octanol–water partition coefficient (Wildman–Crippen LogP) is 5.31. The Hall–Kier alpha value is -2.54. The highest BCUT2D eigenvalue weighted by atomic mass is 35.5. The van der Waals surface area contributed by atoms with Crippen LogP contribution in [0.1, 0.15) is 21.5 Å². The second-order valence-electron chi connectivity index (χ2n) is 7.04. The molecule has 0 aliphatic carbocycles. The van der Waals surface area contributed by atoms with Gasteiger partial charge in [0, 0.05) is 27.8 Å². The van der Waals surface area contributed by atoms with Gasteiger partial charge in [0.15, 0.2) is 0 Å². The minimum atomic E-state index is -3.70. The SMILES string of the molecule is Cc1ccc(Cl)cc1NC(=O)c1ccc2c(c1)CCN2S(=O)(=O)c1ccc(Cl)cc1. The van der Waals surface area contributed by atoms with Gasteiger partial charge in [-0.25, -0.2) is 8.42 Å². The third-order valence-electron chi connectivity index (χ3n) is 5.04. The van der Waals surface area contributed by atoms with Crippen LogP contribution >= 0.6 is 23.2 Å². The van der Waals surface area contributed by atoms with E-state index in [1.54, 1.807) is 42.5 Å². The van der Waals surface area contributed by atoms with Gasteiger partial charge in [-0.05, 0) is 79.1 Å². The molecule has 154 valence electrons. The number of halogens is 2. The van der Waals surface area contributed by atoms with Gasteiger partial charge < -0.3 is 5.32 Å². The zero-order valence-corrected chi connectivity index (χ0v) is 18.4. The fourth-order valence-electron chi connectivity index (χ4n) is 3.42. The molecule has 1 heterocycles. The molecule has 0 unspecified atom stereocenters. The van der Waals surface area contributed by atoms with Crippen LogP contribution < -0.4 is 9.62 Å². The Kier molecular flexibility index (Phi) is 5.49. The molecular weight excluding hydrogens is 443 g/mol. The smallest absolute Gasteiger partial charge is 0.264 e. The molecule has 5 nitrogen and oxygen atoms in total. The van der Waals surface area contributed by atoms with Crippen LogP contribution in [-0.4, -0.2) is 20.9 Å². The Balaban J connectivity index is 1.60. The van der Waals surface area contributed by atoms with Gasteiger partial charge in [-0.15, -0.1) is 0 Å². The number of benzene rings is 3. The van der Waals surface area contributed by atoms with Crippen LogP contribution in [0.4, 0.5) is 11.4 Å². The summed E-state index contributed by atoms with van der Waals surface area (Å²) in [5.74, 6) is -0.276. The van der Waals surface area contributed by atoms with Crippen LogP contribution in [0.5, 0.6) is 0 Å². The summed E-state index contributed by atoms with van der Waals surface area (Å²) in [7, 11) is -3.70. The molecule has 3 aromatic carbocycles. The van der Waals surface area contributed by atoms with E-state index in [1.165, 1.54) is 16.4 Å². The van der Waals surface area contributed by atoms with E-state index in [1.807, 2.05) is 13.0 Å². The van der Waals surface area contributed by atoms with E-state index in [2.05, 4.69) is 5.32 Å². The Morgan fingerprint density at radius 3 is 2.40 bits per heavy atom. The van der Waals surface area contributed by atoms with Crippen molar-refractivity contribution in [1.82, 2.24) is 0 Å². The summed E-state index contributed by atoms with van der Waals surface area (Å²) in [6, 6.07) is 16.4. The number of aryl methyl sites for hydroxylation is 1. The molecule has 0 saturated carbocycles. The summed E-state index contributed by atoms with van der Waals surface area (Å²) < 4.78 is 27.4. The number of carbonyl (C=O) groups is 1. The van der Waals surface area contributed by atoms with E-state index in [4.69, 9.17) is 23.2 Å². The molecule has 0 radical (unpaired) electrons. The zero-order chi connectivity index (χ0) is 21.5. The van der Waals surface area contributed by atoms with Gasteiger partial charge >= 0.3 is 0 Å². The highest BCUT2D eigenvalue weighted by molar-refractivity contribution is 7.92. The van der Waals surface area contributed by atoms with E-state index >= 15 is 0 Å². The normalized spacial score (nSPS) is 13.2. The standard InChI is InChI=1S/C22H18Cl2N2O3S/c1-14-2-4-18(24)13-20(14)25-22(27)16-3-9-21-15(12-16)10-11-26(21)30(28,29)19-7-5-17(23)6-8-19/h2-9,12-13H,10-11H2,1H3,(H,25,27). The third kappa shape index (κ3) is 3.90. The third-order valence-corrected chi connectivity index (χ3v) is 7.36. The number of anilines is 2.